The number of rotatable bonds is 4. The lowest BCUT2D eigenvalue weighted by Crippen LogP contribution is -2.04. The SMILES string of the molecule is c1ccc(-c2nc(-c3ccc4oc5ccccc5c4c3-n3c4ccccc4c4cc5ccccc5cc43)nc(-c3cc4ccccc4c4ccccc34)n2)cc1. The topological polar surface area (TPSA) is 56.7 Å². The molecule has 3 heterocycles. The highest BCUT2D eigenvalue weighted by Gasteiger charge is 2.25. The molecule has 9 aromatic carbocycles. The number of fused-ring (bicyclic) bond motifs is 10. The zero-order valence-electron chi connectivity index (χ0n) is 30.0. The van der Waals surface area contributed by atoms with Crippen LogP contribution in [0.4, 0.5) is 0 Å². The van der Waals surface area contributed by atoms with Crippen LogP contribution in [0.5, 0.6) is 0 Å². The fourth-order valence-electron chi connectivity index (χ4n) is 8.68. The van der Waals surface area contributed by atoms with Gasteiger partial charge in [0.25, 0.3) is 0 Å². The molecule has 0 bridgehead atoms. The Bertz CT molecular complexity index is 3540. The molecule has 5 nitrogen and oxygen atoms in total. The van der Waals surface area contributed by atoms with Crippen molar-refractivity contribution in [1.82, 2.24) is 19.5 Å². The van der Waals surface area contributed by atoms with Gasteiger partial charge in [0.1, 0.15) is 11.2 Å². The maximum Gasteiger partial charge on any atom is 0.166 e. The van der Waals surface area contributed by atoms with Gasteiger partial charge in [-0.1, -0.05) is 140 Å². The second kappa shape index (κ2) is 11.9. The normalized spacial score (nSPS) is 11.9. The van der Waals surface area contributed by atoms with Crippen molar-refractivity contribution in [2.45, 2.75) is 0 Å². The third-order valence-corrected chi connectivity index (χ3v) is 11.2. The average molecular weight is 715 g/mol. The number of hydrogen-bond acceptors (Lipinski definition) is 4. The summed E-state index contributed by atoms with van der Waals surface area (Å²) in [6, 6.07) is 63.8. The van der Waals surface area contributed by atoms with Crippen LogP contribution in [0, 0.1) is 0 Å². The number of nitrogens with zero attached hydrogens (tertiary/aromatic N) is 4. The number of benzene rings is 9. The minimum absolute atomic E-state index is 0.583. The lowest BCUT2D eigenvalue weighted by molar-refractivity contribution is 0.669. The van der Waals surface area contributed by atoms with Gasteiger partial charge in [-0.2, -0.15) is 0 Å². The lowest BCUT2D eigenvalue weighted by atomic mass is 9.96. The van der Waals surface area contributed by atoms with Crippen molar-refractivity contribution in [3.05, 3.63) is 182 Å². The van der Waals surface area contributed by atoms with E-state index in [-0.39, 0.29) is 0 Å². The van der Waals surface area contributed by atoms with E-state index in [1.54, 1.807) is 0 Å². The molecule has 0 atom stereocenters. The van der Waals surface area contributed by atoms with Gasteiger partial charge >= 0.3 is 0 Å². The Morgan fingerprint density at radius 1 is 0.357 bits per heavy atom. The van der Waals surface area contributed by atoms with Crippen LogP contribution in [0.15, 0.2) is 186 Å². The Morgan fingerprint density at radius 3 is 1.79 bits per heavy atom. The molecule has 0 amide bonds. The van der Waals surface area contributed by atoms with Crippen LogP contribution in [0.3, 0.4) is 0 Å². The van der Waals surface area contributed by atoms with Crippen molar-refractivity contribution in [3.8, 4) is 39.9 Å². The minimum Gasteiger partial charge on any atom is -0.456 e. The van der Waals surface area contributed by atoms with Gasteiger partial charge in [-0.3, -0.25) is 0 Å². The number of hydrogen-bond donors (Lipinski definition) is 0. The molecule has 12 aromatic rings. The van der Waals surface area contributed by atoms with E-state index in [9.17, 15) is 0 Å². The first-order valence-electron chi connectivity index (χ1n) is 18.9. The maximum atomic E-state index is 6.59. The van der Waals surface area contributed by atoms with Crippen molar-refractivity contribution in [2.75, 3.05) is 0 Å². The molecule has 0 saturated heterocycles. The Balaban J connectivity index is 1.24. The summed E-state index contributed by atoms with van der Waals surface area (Å²) in [6.45, 7) is 0. The van der Waals surface area contributed by atoms with Crippen LogP contribution >= 0.6 is 0 Å². The summed E-state index contributed by atoms with van der Waals surface area (Å²) in [7, 11) is 0. The van der Waals surface area contributed by atoms with Gasteiger partial charge in [-0.15, -0.1) is 0 Å². The lowest BCUT2D eigenvalue weighted by Gasteiger charge is -2.17. The predicted octanol–water partition coefficient (Wildman–Crippen LogP) is 13.3. The quantitative estimate of drug-likeness (QED) is 0.170. The first-order chi connectivity index (χ1) is 27.8. The Kier molecular flexibility index (Phi) is 6.56. The zero-order valence-corrected chi connectivity index (χ0v) is 30.0. The molecule has 0 spiro atoms. The molecule has 0 aliphatic heterocycles. The van der Waals surface area contributed by atoms with E-state index in [1.165, 1.54) is 26.9 Å². The van der Waals surface area contributed by atoms with Crippen molar-refractivity contribution in [3.63, 3.8) is 0 Å². The van der Waals surface area contributed by atoms with Crippen LogP contribution in [0.1, 0.15) is 0 Å². The monoisotopic (exact) mass is 714 g/mol. The molecule has 12 rings (SSSR count). The van der Waals surface area contributed by atoms with Gasteiger partial charge in [0.15, 0.2) is 17.5 Å². The highest BCUT2D eigenvalue weighted by atomic mass is 16.3. The summed E-state index contributed by atoms with van der Waals surface area (Å²) in [5.74, 6) is 1.81. The Hall–Kier alpha value is -7.63. The van der Waals surface area contributed by atoms with Crippen LogP contribution in [-0.4, -0.2) is 19.5 Å². The number of furan rings is 1. The minimum atomic E-state index is 0.583. The van der Waals surface area contributed by atoms with Crippen LogP contribution in [0.2, 0.25) is 0 Å². The Morgan fingerprint density at radius 2 is 0.964 bits per heavy atom. The first kappa shape index (κ1) is 30.8. The van der Waals surface area contributed by atoms with E-state index >= 15 is 0 Å². The van der Waals surface area contributed by atoms with Crippen molar-refractivity contribution < 1.29 is 4.42 Å². The third kappa shape index (κ3) is 4.58. The fourth-order valence-corrected chi connectivity index (χ4v) is 8.68. The van der Waals surface area contributed by atoms with E-state index in [0.717, 1.165) is 71.5 Å². The number of aromatic nitrogens is 4. The molecule has 0 N–H and O–H groups in total. The molecule has 0 radical (unpaired) electrons. The van der Waals surface area contributed by atoms with Gasteiger partial charge in [-0.05, 0) is 74.8 Å². The molecule has 5 heteroatoms. The van der Waals surface area contributed by atoms with Gasteiger partial charge < -0.3 is 8.98 Å². The van der Waals surface area contributed by atoms with E-state index in [0.29, 0.717) is 17.5 Å². The standard InChI is InChI=1S/C51H30N4O/c1-2-14-31(15-3-1)49-52-50(54-51(53-49)42-29-34-18-6-7-19-35(34)36-20-8-9-21-37(36)42)40-26-27-46-47(39-23-11-13-25-45(39)56-46)48(40)55-43-24-12-10-22-38(43)41-28-32-16-4-5-17-33(32)30-44(41)55/h1-30H. The molecule has 0 aliphatic carbocycles. The summed E-state index contributed by atoms with van der Waals surface area (Å²) in [5, 5.41) is 11.3. The largest absolute Gasteiger partial charge is 0.456 e. The Labute approximate surface area is 320 Å². The fraction of sp³-hybridized carbons (Fsp3) is 0. The van der Waals surface area contributed by atoms with Gasteiger partial charge in [0.05, 0.1) is 22.1 Å². The molecule has 0 aliphatic rings. The van der Waals surface area contributed by atoms with Gasteiger partial charge in [0, 0.05) is 32.8 Å². The second-order valence-electron chi connectivity index (χ2n) is 14.4. The van der Waals surface area contributed by atoms with Crippen molar-refractivity contribution >= 4 is 76.1 Å². The predicted molar refractivity (Wildman–Crippen MR) is 230 cm³/mol. The molecule has 56 heavy (non-hydrogen) atoms. The molecule has 3 aromatic heterocycles. The van der Waals surface area contributed by atoms with E-state index < -0.39 is 0 Å². The van der Waals surface area contributed by atoms with Crippen molar-refractivity contribution in [1.29, 1.82) is 0 Å². The van der Waals surface area contributed by atoms with Crippen LogP contribution < -0.4 is 0 Å². The summed E-state index contributed by atoms with van der Waals surface area (Å²) in [4.78, 5) is 16.0. The summed E-state index contributed by atoms with van der Waals surface area (Å²) in [5.41, 5.74) is 7.55. The molecule has 0 fully saturated rings. The highest BCUT2D eigenvalue weighted by molar-refractivity contribution is 6.18. The molecule has 0 unspecified atom stereocenters. The van der Waals surface area contributed by atoms with Gasteiger partial charge in [-0.25, -0.2) is 15.0 Å². The first-order valence-corrected chi connectivity index (χ1v) is 18.9. The molecule has 260 valence electrons. The van der Waals surface area contributed by atoms with Gasteiger partial charge in [0.2, 0.25) is 0 Å². The van der Waals surface area contributed by atoms with E-state index in [1.807, 2.05) is 30.3 Å². The van der Waals surface area contributed by atoms with E-state index in [2.05, 4.69) is 156 Å². The van der Waals surface area contributed by atoms with Crippen molar-refractivity contribution in [2.24, 2.45) is 0 Å². The molecule has 0 saturated carbocycles. The number of para-hydroxylation sites is 2. The average Bonchev–Trinajstić information content (AvgIpc) is 3.80. The van der Waals surface area contributed by atoms with Crippen LogP contribution in [-0.2, 0) is 0 Å². The molecular weight excluding hydrogens is 685 g/mol. The summed E-state index contributed by atoms with van der Waals surface area (Å²) < 4.78 is 8.98. The molecular formula is C51H30N4O. The summed E-state index contributed by atoms with van der Waals surface area (Å²) >= 11 is 0. The zero-order chi connectivity index (χ0) is 36.7. The second-order valence-corrected chi connectivity index (χ2v) is 14.4. The third-order valence-electron chi connectivity index (χ3n) is 11.2. The summed E-state index contributed by atoms with van der Waals surface area (Å²) in [6.07, 6.45) is 0. The van der Waals surface area contributed by atoms with Crippen LogP contribution in [0.25, 0.3) is 116 Å². The highest BCUT2D eigenvalue weighted by Crippen LogP contribution is 2.44. The maximum absolute atomic E-state index is 6.59. The smallest absolute Gasteiger partial charge is 0.166 e. The van der Waals surface area contributed by atoms with E-state index in [4.69, 9.17) is 19.4 Å².